The Bertz CT molecular complexity index is 838. The van der Waals surface area contributed by atoms with E-state index in [0.717, 1.165) is 0 Å². The first-order valence-electron chi connectivity index (χ1n) is 12.5. The summed E-state index contributed by atoms with van der Waals surface area (Å²) < 4.78 is 29.1. The van der Waals surface area contributed by atoms with Crippen molar-refractivity contribution in [1.82, 2.24) is 0 Å². The number of hydrogen-bond acceptors (Lipinski definition) is 12. The van der Waals surface area contributed by atoms with E-state index in [2.05, 4.69) is 17.9 Å². The molecule has 0 saturated carbocycles. The maximum absolute atomic E-state index is 12.0. The average molecular weight is 561 g/mol. The van der Waals surface area contributed by atoms with Crippen LogP contribution in [0.3, 0.4) is 0 Å². The van der Waals surface area contributed by atoms with Crippen LogP contribution in [-0.2, 0) is 47.6 Å². The van der Waals surface area contributed by atoms with Gasteiger partial charge in [0, 0.05) is 11.1 Å². The van der Waals surface area contributed by atoms with Crippen molar-refractivity contribution in [2.24, 2.45) is 10.8 Å². The van der Waals surface area contributed by atoms with Gasteiger partial charge in [0.1, 0.15) is 38.6 Å². The number of aliphatic hydroxyl groups excluding tert-OH is 2. The van der Waals surface area contributed by atoms with E-state index in [1.54, 1.807) is 41.5 Å². The van der Waals surface area contributed by atoms with E-state index in [1.165, 1.54) is 0 Å². The summed E-state index contributed by atoms with van der Waals surface area (Å²) in [5.74, 6) is -1.58. The van der Waals surface area contributed by atoms with E-state index < -0.39 is 22.8 Å². The molecule has 224 valence electrons. The molecule has 2 N–H and O–H groups in total. The zero-order chi connectivity index (χ0) is 30.2. The van der Waals surface area contributed by atoms with Crippen molar-refractivity contribution in [2.45, 2.75) is 60.2 Å². The average Bonchev–Trinajstić information content (AvgIpc) is 3.78. The van der Waals surface area contributed by atoms with Crippen LogP contribution in [-0.4, -0.2) is 99.2 Å². The summed E-state index contributed by atoms with van der Waals surface area (Å²) in [7, 11) is 0. The number of hydrogen-bond donors (Lipinski definition) is 2. The van der Waals surface area contributed by atoms with Crippen LogP contribution in [0.25, 0.3) is 0 Å². The highest BCUT2D eigenvalue weighted by Crippen LogP contribution is 2.35. The van der Waals surface area contributed by atoms with Crippen LogP contribution in [0.2, 0.25) is 0 Å². The Morgan fingerprint density at radius 1 is 0.718 bits per heavy atom. The van der Waals surface area contributed by atoms with Crippen molar-refractivity contribution in [3.63, 3.8) is 0 Å². The number of epoxide rings is 2. The van der Waals surface area contributed by atoms with Crippen LogP contribution < -0.4 is 0 Å². The van der Waals surface area contributed by atoms with Gasteiger partial charge in [0.05, 0.1) is 37.3 Å². The summed E-state index contributed by atoms with van der Waals surface area (Å²) in [6.07, 6.45) is 0.467. The minimum absolute atomic E-state index is 0.0253. The third-order valence-electron chi connectivity index (χ3n) is 4.94. The maximum atomic E-state index is 12.0. The number of rotatable bonds is 14. The zero-order valence-electron chi connectivity index (χ0n) is 23.9. The van der Waals surface area contributed by atoms with Crippen molar-refractivity contribution in [1.29, 1.82) is 0 Å². The molecule has 12 nitrogen and oxygen atoms in total. The minimum atomic E-state index is -0.826. The fourth-order valence-corrected chi connectivity index (χ4v) is 2.83. The highest BCUT2D eigenvalue weighted by atomic mass is 16.6. The molecule has 0 aromatic carbocycles. The highest BCUT2D eigenvalue weighted by molar-refractivity contribution is 5.87. The largest absolute Gasteiger partial charge is 0.463 e. The van der Waals surface area contributed by atoms with E-state index in [-0.39, 0.29) is 57.2 Å². The van der Waals surface area contributed by atoms with Crippen molar-refractivity contribution >= 4 is 23.9 Å². The van der Waals surface area contributed by atoms with E-state index in [0.29, 0.717) is 37.4 Å². The summed E-state index contributed by atoms with van der Waals surface area (Å²) in [4.78, 5) is 45.1. The van der Waals surface area contributed by atoms with Crippen LogP contribution in [0.15, 0.2) is 24.3 Å². The van der Waals surface area contributed by atoms with Gasteiger partial charge in [-0.15, -0.1) is 0 Å². The molecule has 2 heterocycles. The van der Waals surface area contributed by atoms with Crippen LogP contribution in [0.4, 0.5) is 0 Å². The molecule has 2 fully saturated rings. The van der Waals surface area contributed by atoms with E-state index in [1.807, 2.05) is 0 Å². The number of carbonyl (C=O) groups excluding carboxylic acids is 4. The molecule has 2 saturated heterocycles. The van der Waals surface area contributed by atoms with Crippen molar-refractivity contribution < 1.29 is 57.8 Å². The van der Waals surface area contributed by atoms with Gasteiger partial charge in [0.2, 0.25) is 0 Å². The maximum Gasteiger partial charge on any atom is 0.333 e. The molecule has 0 aromatic rings. The molecular weight excluding hydrogens is 516 g/mol. The van der Waals surface area contributed by atoms with Gasteiger partial charge in [-0.2, -0.15) is 0 Å². The molecule has 0 bridgehead atoms. The summed E-state index contributed by atoms with van der Waals surface area (Å²) in [6, 6.07) is 0. The minimum Gasteiger partial charge on any atom is -0.463 e. The SMILES string of the molecule is C=C(C)C(=O)OCC1CO1.C=C(C)C(=O)OCCO.CC(C)(CC(C)(C)C(=O)OCC1CO1)C(=O)OCCO. The van der Waals surface area contributed by atoms with E-state index in [9.17, 15) is 19.2 Å². The first-order chi connectivity index (χ1) is 18.1. The number of aliphatic hydroxyl groups is 2. The molecule has 0 aliphatic carbocycles. The van der Waals surface area contributed by atoms with Gasteiger partial charge in [-0.25, -0.2) is 9.59 Å². The van der Waals surface area contributed by atoms with E-state index in [4.69, 9.17) is 33.9 Å². The topological polar surface area (TPSA) is 171 Å². The van der Waals surface area contributed by atoms with Gasteiger partial charge in [0.15, 0.2) is 0 Å². The lowest BCUT2D eigenvalue weighted by Crippen LogP contribution is -2.37. The smallest absolute Gasteiger partial charge is 0.333 e. The second-order valence-electron chi connectivity index (χ2n) is 10.3. The predicted octanol–water partition coefficient (Wildman–Crippen LogP) is 1.51. The molecule has 0 spiro atoms. The second kappa shape index (κ2) is 17.7. The van der Waals surface area contributed by atoms with Gasteiger partial charge >= 0.3 is 23.9 Å². The van der Waals surface area contributed by atoms with Gasteiger partial charge in [0.25, 0.3) is 0 Å². The fraction of sp³-hybridized carbons (Fsp3) is 0.704. The molecule has 2 aliphatic heterocycles. The van der Waals surface area contributed by atoms with Crippen LogP contribution in [0, 0.1) is 10.8 Å². The van der Waals surface area contributed by atoms with Crippen LogP contribution >= 0.6 is 0 Å². The second-order valence-corrected chi connectivity index (χ2v) is 10.3. The van der Waals surface area contributed by atoms with Crippen molar-refractivity contribution in [3.05, 3.63) is 24.3 Å². The molecule has 0 amide bonds. The van der Waals surface area contributed by atoms with Crippen molar-refractivity contribution in [3.8, 4) is 0 Å². The first kappa shape index (κ1) is 36.2. The number of ether oxygens (including phenoxy) is 6. The monoisotopic (exact) mass is 560 g/mol. The molecule has 2 rings (SSSR count). The Morgan fingerprint density at radius 3 is 1.46 bits per heavy atom. The third kappa shape index (κ3) is 17.4. The fourth-order valence-electron chi connectivity index (χ4n) is 2.83. The van der Waals surface area contributed by atoms with Crippen LogP contribution in [0.1, 0.15) is 48.0 Å². The lowest BCUT2D eigenvalue weighted by molar-refractivity contribution is -0.162. The normalized spacial score (nSPS) is 17.1. The Kier molecular flexibility index (Phi) is 16.4. The zero-order valence-corrected chi connectivity index (χ0v) is 23.9. The highest BCUT2D eigenvalue weighted by Gasteiger charge is 2.41. The quantitative estimate of drug-likeness (QED) is 0.136. The lowest BCUT2D eigenvalue weighted by Gasteiger charge is -2.31. The van der Waals surface area contributed by atoms with Gasteiger partial charge in [-0.3, -0.25) is 9.59 Å². The molecular formula is C27H44O12. The molecule has 2 unspecified atom stereocenters. The Balaban J connectivity index is 0.000000632. The Morgan fingerprint density at radius 2 is 1.08 bits per heavy atom. The first-order valence-corrected chi connectivity index (χ1v) is 12.5. The Hall–Kier alpha value is -2.80. The molecule has 12 heteroatoms. The van der Waals surface area contributed by atoms with Crippen LogP contribution in [0.5, 0.6) is 0 Å². The summed E-state index contributed by atoms with van der Waals surface area (Å²) in [6.45, 7) is 18.5. The van der Waals surface area contributed by atoms with Gasteiger partial charge < -0.3 is 38.6 Å². The Labute approximate surface area is 230 Å². The van der Waals surface area contributed by atoms with Gasteiger partial charge in [-0.05, 0) is 48.0 Å². The van der Waals surface area contributed by atoms with Gasteiger partial charge in [-0.1, -0.05) is 13.2 Å². The molecule has 39 heavy (non-hydrogen) atoms. The summed E-state index contributed by atoms with van der Waals surface area (Å²) in [5.41, 5.74) is -0.839. The lowest BCUT2D eigenvalue weighted by atomic mass is 9.75. The summed E-state index contributed by atoms with van der Waals surface area (Å²) >= 11 is 0. The van der Waals surface area contributed by atoms with E-state index >= 15 is 0 Å². The summed E-state index contributed by atoms with van der Waals surface area (Å²) in [5, 5.41) is 16.9. The molecule has 0 aromatic heterocycles. The molecule has 0 radical (unpaired) electrons. The number of carbonyl (C=O) groups is 4. The standard InChI is InChI=1S/C14H24O6.C7H10O3.C6H10O3/c1-13(2,11(16)18-6-5-15)9-14(3,4)12(17)20-8-10-7-19-10;1-5(2)7(8)10-4-6-3-9-6;1-5(2)6(8)9-4-3-7/h10,15H,5-9H2,1-4H3;6H,1,3-4H2,2H3;7H,1,3-4H2,2H3. The molecule has 2 aliphatic rings. The third-order valence-corrected chi connectivity index (χ3v) is 4.94. The molecule has 2 atom stereocenters. The van der Waals surface area contributed by atoms with Crippen molar-refractivity contribution in [2.75, 3.05) is 52.9 Å². The predicted molar refractivity (Wildman–Crippen MR) is 139 cm³/mol. The number of esters is 4.